The summed E-state index contributed by atoms with van der Waals surface area (Å²) < 4.78 is 11.8. The number of fused-ring (bicyclic) bond motifs is 16. The summed E-state index contributed by atoms with van der Waals surface area (Å²) in [5.74, 6) is 0. The van der Waals surface area contributed by atoms with Crippen LogP contribution in [0.2, 0.25) is 0 Å². The monoisotopic (exact) mass is 1560 g/mol. The Bertz CT molecular complexity index is 7830. The fraction of sp³-hybridized carbons (Fsp3) is 0.0690. The lowest BCUT2D eigenvalue weighted by Gasteiger charge is -2.46. The molecule has 22 aromatic rings. The van der Waals surface area contributed by atoms with Gasteiger partial charge in [0.05, 0.1) is 39.0 Å². The minimum Gasteiger partial charge on any atom is -0.456 e. The molecule has 576 valence electrons. The van der Waals surface area contributed by atoms with Gasteiger partial charge < -0.3 is 23.2 Å². The van der Waals surface area contributed by atoms with Gasteiger partial charge >= 0.3 is 0 Å². The normalized spacial score (nSPS) is 12.8. The molecular formula is C116H83BN4O. The van der Waals surface area contributed by atoms with Crippen LogP contribution in [0.4, 0.5) is 34.1 Å². The highest BCUT2D eigenvalue weighted by molar-refractivity contribution is 7.00. The van der Waals surface area contributed by atoms with E-state index < -0.39 is 0 Å². The second kappa shape index (κ2) is 27.3. The lowest BCUT2D eigenvalue weighted by molar-refractivity contribution is 0.590. The maximum Gasteiger partial charge on any atom is 0.252 e. The van der Waals surface area contributed by atoms with Gasteiger partial charge in [-0.05, 0) is 208 Å². The molecule has 2 aliphatic heterocycles. The lowest BCUT2D eigenvalue weighted by atomic mass is 9.33. The van der Waals surface area contributed by atoms with Crippen molar-refractivity contribution in [2.24, 2.45) is 0 Å². The number of aromatic nitrogens is 2. The summed E-state index contributed by atoms with van der Waals surface area (Å²) in [5, 5.41) is 9.57. The van der Waals surface area contributed by atoms with E-state index in [9.17, 15) is 0 Å². The van der Waals surface area contributed by atoms with Gasteiger partial charge in [0.2, 0.25) is 0 Å². The first-order chi connectivity index (χ1) is 59.8. The van der Waals surface area contributed by atoms with Gasteiger partial charge in [-0.15, -0.1) is 0 Å². The van der Waals surface area contributed by atoms with Crippen LogP contribution >= 0.6 is 0 Å². The van der Waals surface area contributed by atoms with E-state index in [-0.39, 0.29) is 17.5 Å². The van der Waals surface area contributed by atoms with E-state index in [0.717, 1.165) is 162 Å². The first-order valence-corrected chi connectivity index (χ1v) is 42.7. The van der Waals surface area contributed by atoms with E-state index in [0.29, 0.717) is 0 Å². The zero-order valence-electron chi connectivity index (χ0n) is 68.8. The van der Waals surface area contributed by atoms with Gasteiger partial charge in [-0.1, -0.05) is 333 Å². The topological polar surface area (TPSA) is 29.0 Å². The number of furan rings is 1. The predicted octanol–water partition coefficient (Wildman–Crippen LogP) is 29.8. The number of benzene rings is 18. The lowest BCUT2D eigenvalue weighted by Crippen LogP contribution is -2.61. The highest BCUT2D eigenvalue weighted by atomic mass is 16.3. The summed E-state index contributed by atoms with van der Waals surface area (Å²) in [4.78, 5) is 5.44. The molecular weight excluding hydrogens is 1480 g/mol. The maximum absolute atomic E-state index is 6.77. The Morgan fingerprint density at radius 2 is 0.598 bits per heavy atom. The Hall–Kier alpha value is -15.0. The van der Waals surface area contributed by atoms with E-state index >= 15 is 0 Å². The Morgan fingerprint density at radius 3 is 1.11 bits per heavy atom. The molecule has 0 unspecified atom stereocenters. The van der Waals surface area contributed by atoms with Crippen LogP contribution in [0.3, 0.4) is 0 Å². The van der Waals surface area contributed by atoms with Gasteiger partial charge in [-0.25, -0.2) is 0 Å². The highest BCUT2D eigenvalue weighted by Gasteiger charge is 2.46. The van der Waals surface area contributed by atoms with E-state index in [1.165, 1.54) is 76.4 Å². The molecule has 0 atom stereocenters. The zero-order chi connectivity index (χ0) is 81.4. The van der Waals surface area contributed by atoms with Crippen molar-refractivity contribution >= 4 is 139 Å². The van der Waals surface area contributed by atoms with Gasteiger partial charge in [0.15, 0.2) is 0 Å². The molecule has 122 heavy (non-hydrogen) atoms. The SMILES string of the molecule is CC(C)(C)c1ccc(-c2cc(-c3ccccc3)c(N3c4cc(-c5ccc6c(c5)c5cccc7c8ccccc8n6c75)ccc4B4c5ccc(-n6c7ccccc7c7ccccc76)cc5N(c5c(-c6ccccc6)cc(-c6ccc(C(C)(C)C)cc6)cc5-c5ccccc5)c5cc(-c6ccc7oc8ccccc8c7c6)cc3c54)c(-c3ccccc3)c2)cc1. The maximum atomic E-state index is 6.77. The van der Waals surface area contributed by atoms with Crippen molar-refractivity contribution in [3.05, 3.63) is 405 Å². The van der Waals surface area contributed by atoms with Crippen LogP contribution in [0.1, 0.15) is 52.7 Å². The average molecular weight is 1560 g/mol. The summed E-state index contributed by atoms with van der Waals surface area (Å²) in [6.07, 6.45) is 0. The van der Waals surface area contributed by atoms with Crippen LogP contribution in [0.25, 0.3) is 177 Å². The van der Waals surface area contributed by atoms with E-state index in [1.54, 1.807) is 0 Å². The molecule has 5 nitrogen and oxygen atoms in total. The minimum absolute atomic E-state index is 0.0360. The second-order valence-electron chi connectivity index (χ2n) is 35.5. The van der Waals surface area contributed by atoms with Gasteiger partial charge in [0, 0.05) is 93.8 Å². The molecule has 0 aliphatic carbocycles. The number of nitrogens with zero attached hydrogens (tertiary/aromatic N) is 4. The Kier molecular flexibility index (Phi) is 15.9. The van der Waals surface area contributed by atoms with Crippen LogP contribution in [0.5, 0.6) is 0 Å². The van der Waals surface area contributed by atoms with Gasteiger partial charge in [0.1, 0.15) is 11.2 Å². The first-order valence-electron chi connectivity index (χ1n) is 42.7. The van der Waals surface area contributed by atoms with Crippen molar-refractivity contribution in [1.82, 2.24) is 8.97 Å². The van der Waals surface area contributed by atoms with E-state index in [2.05, 4.69) is 455 Å². The van der Waals surface area contributed by atoms with Crippen molar-refractivity contribution in [2.45, 2.75) is 52.4 Å². The van der Waals surface area contributed by atoms with Crippen molar-refractivity contribution in [3.8, 4) is 94.7 Å². The molecule has 0 fully saturated rings. The number of para-hydroxylation sites is 5. The van der Waals surface area contributed by atoms with Crippen molar-refractivity contribution in [1.29, 1.82) is 0 Å². The van der Waals surface area contributed by atoms with Gasteiger partial charge in [0.25, 0.3) is 6.71 Å². The average Bonchev–Trinajstić information content (AvgIpc) is 0.807. The number of hydrogen-bond donors (Lipinski definition) is 0. The Labute approximate surface area is 710 Å². The first kappa shape index (κ1) is 71.2. The third kappa shape index (κ3) is 11.2. The standard InChI is InChI=1S/C116H83BN4O/c1-115(2,3)84-53-46-72(47-54-84)81-64-93(74-28-11-7-12-29-74)113(94(65-81)75-30-13-8-14-31-75)120-105-68-80(78-51-60-104-97(62-78)92-41-27-40-91-89-38-21-25-44-103(89)119(104)112(91)92)50-58-99(105)117-100-59-57-86(118-101-42-23-19-36-87(101)88-37-20-24-43-102(88)118)71-106(100)121(108-70-83(69-107(120)111(108)117)79-52-61-110-98(63-79)90-39-22-26-45-109(90)122-110)114-95(76-32-15-9-16-33-76)66-82(67-96(114)77-34-17-10-18-35-77)73-48-55-85(56-49-73)116(4,5)6/h7-71H,1-6H3. The van der Waals surface area contributed by atoms with Gasteiger partial charge in [-0.3, -0.25) is 0 Å². The molecule has 0 bridgehead atoms. The van der Waals surface area contributed by atoms with Crippen molar-refractivity contribution in [3.63, 3.8) is 0 Å². The smallest absolute Gasteiger partial charge is 0.252 e. The van der Waals surface area contributed by atoms with Gasteiger partial charge in [-0.2, -0.15) is 0 Å². The summed E-state index contributed by atoms with van der Waals surface area (Å²) in [6, 6.07) is 150. The largest absolute Gasteiger partial charge is 0.456 e. The number of rotatable bonds is 11. The Morgan fingerprint density at radius 1 is 0.238 bits per heavy atom. The highest BCUT2D eigenvalue weighted by Crippen LogP contribution is 2.57. The zero-order valence-corrected chi connectivity index (χ0v) is 68.8. The third-order valence-corrected chi connectivity index (χ3v) is 26.3. The van der Waals surface area contributed by atoms with Crippen molar-refractivity contribution in [2.75, 3.05) is 9.80 Å². The molecule has 18 aromatic carbocycles. The van der Waals surface area contributed by atoms with Crippen LogP contribution in [0, 0.1) is 0 Å². The Balaban J connectivity index is 0.866. The van der Waals surface area contributed by atoms with Crippen LogP contribution in [-0.4, -0.2) is 15.7 Å². The fourth-order valence-corrected chi connectivity index (χ4v) is 20.4. The quantitative estimate of drug-likeness (QED) is 0.121. The van der Waals surface area contributed by atoms with Crippen LogP contribution < -0.4 is 26.2 Å². The van der Waals surface area contributed by atoms with E-state index in [1.807, 2.05) is 0 Å². The van der Waals surface area contributed by atoms with Crippen molar-refractivity contribution < 1.29 is 4.42 Å². The molecule has 6 heterocycles. The predicted molar refractivity (Wildman–Crippen MR) is 518 cm³/mol. The third-order valence-electron chi connectivity index (χ3n) is 26.3. The molecule has 2 aliphatic rings. The number of hydrogen-bond acceptors (Lipinski definition) is 3. The molecule has 4 aromatic heterocycles. The minimum atomic E-state index is -0.327. The molecule has 6 heteroatoms. The van der Waals surface area contributed by atoms with E-state index in [4.69, 9.17) is 4.42 Å². The fourth-order valence-electron chi connectivity index (χ4n) is 20.4. The summed E-state index contributed by atoms with van der Waals surface area (Å²) in [6.45, 7) is 13.5. The second-order valence-corrected chi connectivity index (χ2v) is 35.5. The summed E-state index contributed by atoms with van der Waals surface area (Å²) in [7, 11) is 0. The summed E-state index contributed by atoms with van der Waals surface area (Å²) in [5.41, 5.74) is 39.1. The summed E-state index contributed by atoms with van der Waals surface area (Å²) >= 11 is 0. The molecule has 24 rings (SSSR count). The molecule has 0 radical (unpaired) electrons. The molecule has 0 saturated heterocycles. The molecule has 0 N–H and O–H groups in total. The molecule has 0 spiro atoms. The molecule has 0 saturated carbocycles. The molecule has 0 amide bonds. The number of anilines is 6. The van der Waals surface area contributed by atoms with Crippen LogP contribution in [0.15, 0.2) is 399 Å². The van der Waals surface area contributed by atoms with Crippen LogP contribution in [-0.2, 0) is 10.8 Å².